The molecule has 0 radical (unpaired) electrons. The van der Waals surface area contributed by atoms with Crippen molar-refractivity contribution in [2.45, 2.75) is 5.03 Å². The highest BCUT2D eigenvalue weighted by Crippen LogP contribution is 2.33. The third-order valence-electron chi connectivity index (χ3n) is 2.35. The fraction of sp³-hybridized carbons (Fsp3) is 0. The van der Waals surface area contributed by atoms with Gasteiger partial charge in [-0.15, -0.1) is 0 Å². The van der Waals surface area contributed by atoms with Crippen molar-refractivity contribution in [2.24, 2.45) is 0 Å². The average Bonchev–Trinajstić information content (AvgIpc) is 2.83. The highest BCUT2D eigenvalue weighted by atomic mass is 35.5. The summed E-state index contributed by atoms with van der Waals surface area (Å²) in [7, 11) is -4.34. The summed E-state index contributed by atoms with van der Waals surface area (Å²) in [5.74, 6) is -2.24. The Bertz CT molecular complexity index is 798. The van der Waals surface area contributed by atoms with Crippen LogP contribution in [-0.4, -0.2) is 29.7 Å². The van der Waals surface area contributed by atoms with Gasteiger partial charge in [0.05, 0.1) is 21.9 Å². The Balaban J connectivity index is 2.48. The van der Waals surface area contributed by atoms with Crippen molar-refractivity contribution in [1.82, 2.24) is 10.2 Å². The van der Waals surface area contributed by atoms with Gasteiger partial charge in [0.2, 0.25) is 0 Å². The molecule has 0 spiro atoms. The third kappa shape index (κ3) is 3.09. The summed E-state index contributed by atoms with van der Waals surface area (Å²) in [6.45, 7) is 0. The van der Waals surface area contributed by atoms with E-state index >= 15 is 0 Å². The van der Waals surface area contributed by atoms with E-state index in [1.165, 1.54) is 0 Å². The number of rotatable bonds is 4. The number of aromatic nitrogens is 2. The molecule has 0 amide bonds. The minimum Gasteiger partial charge on any atom is -0.478 e. The van der Waals surface area contributed by atoms with Crippen LogP contribution in [0.2, 0.25) is 10.0 Å². The molecule has 1 aromatic heterocycles. The number of carboxylic acid groups (broad SMARTS) is 1. The van der Waals surface area contributed by atoms with Gasteiger partial charge in [0.15, 0.2) is 5.03 Å². The van der Waals surface area contributed by atoms with E-state index in [4.69, 9.17) is 28.3 Å². The second-order valence-electron chi connectivity index (χ2n) is 3.77. The van der Waals surface area contributed by atoms with Crippen LogP contribution in [0.25, 0.3) is 0 Å². The zero-order valence-electron chi connectivity index (χ0n) is 9.89. The number of H-pyrrole nitrogens is 1. The number of aromatic carboxylic acids is 1. The van der Waals surface area contributed by atoms with E-state index in [0.29, 0.717) is 0 Å². The highest BCUT2D eigenvalue weighted by Gasteiger charge is 2.26. The summed E-state index contributed by atoms with van der Waals surface area (Å²) in [6.07, 6.45) is 0.838. The van der Waals surface area contributed by atoms with Crippen LogP contribution in [0.5, 0.6) is 0 Å². The first kappa shape index (κ1) is 15.5. The highest BCUT2D eigenvalue weighted by molar-refractivity contribution is 7.92. The number of benzene rings is 1. The quantitative estimate of drug-likeness (QED) is 0.780. The van der Waals surface area contributed by atoms with E-state index in [-0.39, 0.29) is 15.7 Å². The molecule has 0 aliphatic carbocycles. The maximum Gasteiger partial charge on any atom is 0.340 e. The van der Waals surface area contributed by atoms with E-state index in [9.17, 15) is 17.6 Å². The smallest absolute Gasteiger partial charge is 0.340 e. The van der Waals surface area contributed by atoms with Crippen LogP contribution in [0, 0.1) is 5.82 Å². The zero-order chi connectivity index (χ0) is 15.8. The molecule has 1 aromatic carbocycles. The van der Waals surface area contributed by atoms with Crippen LogP contribution in [0.1, 0.15) is 10.4 Å². The van der Waals surface area contributed by atoms with Gasteiger partial charge in [0, 0.05) is 0 Å². The lowest BCUT2D eigenvalue weighted by molar-refractivity contribution is 0.0692. The summed E-state index contributed by atoms with van der Waals surface area (Å²) in [4.78, 5) is 10.9. The number of anilines is 1. The Morgan fingerprint density at radius 3 is 2.43 bits per heavy atom. The van der Waals surface area contributed by atoms with Crippen molar-refractivity contribution in [3.05, 3.63) is 39.8 Å². The maximum absolute atomic E-state index is 13.0. The van der Waals surface area contributed by atoms with Crippen molar-refractivity contribution >= 4 is 44.9 Å². The van der Waals surface area contributed by atoms with Crippen molar-refractivity contribution in [1.29, 1.82) is 0 Å². The zero-order valence-corrected chi connectivity index (χ0v) is 12.2. The summed E-state index contributed by atoms with van der Waals surface area (Å²) in [5.41, 5.74) is -0.831. The van der Waals surface area contributed by atoms with Gasteiger partial charge < -0.3 is 5.11 Å². The van der Waals surface area contributed by atoms with Crippen molar-refractivity contribution in [3.63, 3.8) is 0 Å². The standard InChI is InChI=1S/C10H6Cl2FN3O4S/c11-6-1-4(13)2-7(12)8(6)16-21(19,20)9-5(10(17)18)3-14-15-9/h1-3,16H,(H,14,15)(H,17,18). The number of nitrogens with one attached hydrogen (secondary N) is 2. The molecule has 11 heteroatoms. The maximum atomic E-state index is 13.0. The molecule has 0 aliphatic rings. The Hall–Kier alpha value is -1.84. The van der Waals surface area contributed by atoms with Crippen LogP contribution in [0.4, 0.5) is 10.1 Å². The predicted octanol–water partition coefficient (Wildman–Crippen LogP) is 2.35. The van der Waals surface area contributed by atoms with Crippen LogP contribution >= 0.6 is 23.2 Å². The third-order valence-corrected chi connectivity index (χ3v) is 4.26. The number of sulfonamides is 1. The second kappa shape index (κ2) is 5.51. The first-order valence-electron chi connectivity index (χ1n) is 5.16. The Kier molecular flexibility index (Phi) is 4.08. The topological polar surface area (TPSA) is 112 Å². The molecule has 0 atom stereocenters. The molecular weight excluding hydrogens is 348 g/mol. The lowest BCUT2D eigenvalue weighted by Crippen LogP contribution is -2.17. The number of carbonyl (C=O) groups is 1. The largest absolute Gasteiger partial charge is 0.478 e. The van der Waals surface area contributed by atoms with E-state index in [0.717, 1.165) is 18.3 Å². The summed E-state index contributed by atoms with van der Waals surface area (Å²) in [5, 5.41) is 13.1. The summed E-state index contributed by atoms with van der Waals surface area (Å²) < 4.78 is 39.3. The van der Waals surface area contributed by atoms with Crippen LogP contribution in [-0.2, 0) is 10.0 Å². The molecule has 0 unspecified atom stereocenters. The summed E-state index contributed by atoms with van der Waals surface area (Å²) >= 11 is 11.4. The van der Waals surface area contributed by atoms with Gasteiger partial charge in [-0.25, -0.2) is 9.18 Å². The molecule has 0 fully saturated rings. The number of hydrogen-bond donors (Lipinski definition) is 3. The van der Waals surface area contributed by atoms with E-state index in [2.05, 4.69) is 10.2 Å². The molecule has 21 heavy (non-hydrogen) atoms. The van der Waals surface area contributed by atoms with Crippen molar-refractivity contribution in [2.75, 3.05) is 4.72 Å². The fourth-order valence-corrected chi connectivity index (χ4v) is 3.32. The molecule has 7 nitrogen and oxygen atoms in total. The first-order chi connectivity index (χ1) is 9.72. The number of nitrogens with zero attached hydrogens (tertiary/aromatic N) is 1. The van der Waals surface area contributed by atoms with E-state index < -0.39 is 32.4 Å². The molecule has 112 valence electrons. The molecule has 0 saturated carbocycles. The minimum absolute atomic E-state index is 0.273. The Morgan fingerprint density at radius 2 is 1.90 bits per heavy atom. The van der Waals surface area contributed by atoms with Crippen molar-refractivity contribution in [3.8, 4) is 0 Å². The minimum atomic E-state index is -4.34. The first-order valence-corrected chi connectivity index (χ1v) is 7.40. The Labute approximate surface area is 127 Å². The molecule has 3 N–H and O–H groups in total. The molecule has 2 aromatic rings. The fourth-order valence-electron chi connectivity index (χ4n) is 1.46. The van der Waals surface area contributed by atoms with Gasteiger partial charge in [0.1, 0.15) is 11.4 Å². The van der Waals surface area contributed by atoms with Gasteiger partial charge in [-0.2, -0.15) is 13.5 Å². The van der Waals surface area contributed by atoms with Gasteiger partial charge >= 0.3 is 5.97 Å². The van der Waals surface area contributed by atoms with Gasteiger partial charge in [0.25, 0.3) is 10.0 Å². The van der Waals surface area contributed by atoms with Gasteiger partial charge in [-0.1, -0.05) is 23.2 Å². The molecule has 0 saturated heterocycles. The van der Waals surface area contributed by atoms with Crippen molar-refractivity contribution < 1.29 is 22.7 Å². The van der Waals surface area contributed by atoms with E-state index in [1.54, 1.807) is 0 Å². The second-order valence-corrected chi connectivity index (χ2v) is 6.20. The normalized spacial score (nSPS) is 11.4. The Morgan fingerprint density at radius 1 is 1.33 bits per heavy atom. The lowest BCUT2D eigenvalue weighted by atomic mass is 10.3. The summed E-state index contributed by atoms with van der Waals surface area (Å²) in [6, 6.07) is 1.71. The number of aromatic amines is 1. The number of hydrogen-bond acceptors (Lipinski definition) is 4. The predicted molar refractivity (Wildman–Crippen MR) is 72.8 cm³/mol. The number of carboxylic acids is 1. The van der Waals surface area contributed by atoms with Gasteiger partial charge in [-0.05, 0) is 12.1 Å². The monoisotopic (exact) mass is 353 g/mol. The molecule has 0 bridgehead atoms. The van der Waals surface area contributed by atoms with Crippen LogP contribution in [0.15, 0.2) is 23.4 Å². The molecule has 2 rings (SSSR count). The van der Waals surface area contributed by atoms with Crippen LogP contribution in [0.3, 0.4) is 0 Å². The lowest BCUT2D eigenvalue weighted by Gasteiger charge is -2.10. The average molecular weight is 354 g/mol. The number of halogens is 3. The molecule has 1 heterocycles. The van der Waals surface area contributed by atoms with Crippen LogP contribution < -0.4 is 4.72 Å². The van der Waals surface area contributed by atoms with E-state index in [1.807, 2.05) is 4.72 Å². The van der Waals surface area contributed by atoms with Gasteiger partial charge in [-0.3, -0.25) is 9.82 Å². The molecule has 0 aliphatic heterocycles. The SMILES string of the molecule is O=C(O)c1cn[nH]c1S(=O)(=O)Nc1c(Cl)cc(F)cc1Cl. The molecular formula is C10H6Cl2FN3O4S.